The zero-order chi connectivity index (χ0) is 102. The molecule has 7 saturated heterocycles. The minimum Gasteiger partial charge on any atom is -0.381 e. The molecule has 10 heteroatoms. The monoisotopic (exact) mass is 1850 g/mol. The third-order valence-corrected chi connectivity index (χ3v) is 20.9. The molecule has 7 aliphatic heterocycles. The Morgan fingerprint density at radius 3 is 1.12 bits per heavy atom. The largest absolute Gasteiger partial charge is 0.381 e. The van der Waals surface area contributed by atoms with E-state index in [1.54, 1.807) is 0 Å². The normalized spacial score (nSPS) is 17.6. The van der Waals surface area contributed by atoms with Crippen molar-refractivity contribution in [2.45, 2.75) is 469 Å². The molecule has 10 rings (SSSR count). The number of likely N-dealkylation sites (tertiary alicyclic amines) is 1. The van der Waals surface area contributed by atoms with Crippen LogP contribution in [0.25, 0.3) is 0 Å². The van der Waals surface area contributed by atoms with Crippen LogP contribution in [0.4, 0.5) is 0 Å². The minimum atomic E-state index is 0.408. The molecule has 0 aliphatic carbocycles. The summed E-state index contributed by atoms with van der Waals surface area (Å²) in [7, 11) is 2.21. The van der Waals surface area contributed by atoms with Crippen LogP contribution in [0.5, 0.6) is 0 Å². The molecule has 7 fully saturated rings. The van der Waals surface area contributed by atoms with Crippen LogP contribution in [0.2, 0.25) is 0 Å². The van der Waals surface area contributed by atoms with Crippen LogP contribution in [-0.4, -0.2) is 118 Å². The second kappa shape index (κ2) is 120. The van der Waals surface area contributed by atoms with E-state index < -0.39 is 0 Å². The third kappa shape index (κ3) is 118. The highest BCUT2D eigenvalue weighted by atomic mass is 16.5. The van der Waals surface area contributed by atoms with Gasteiger partial charge in [-0.15, -0.1) is 0 Å². The van der Waals surface area contributed by atoms with Crippen molar-refractivity contribution in [1.82, 2.24) is 19.9 Å². The van der Waals surface area contributed by atoms with Gasteiger partial charge < -0.3 is 33.3 Å². The van der Waals surface area contributed by atoms with Crippen molar-refractivity contribution in [2.75, 3.05) is 86.2 Å². The van der Waals surface area contributed by atoms with Gasteiger partial charge in [0.1, 0.15) is 0 Å². The average Bonchev–Trinajstić information content (AvgIpc) is 0.920. The van der Waals surface area contributed by atoms with Gasteiger partial charge in [-0.3, -0.25) is 15.0 Å². The van der Waals surface area contributed by atoms with E-state index in [4.69, 9.17) is 28.4 Å². The van der Waals surface area contributed by atoms with Gasteiger partial charge in [0.2, 0.25) is 0 Å². The quantitative estimate of drug-likeness (QED) is 0.0723. The summed E-state index contributed by atoms with van der Waals surface area (Å²) >= 11 is 0. The first-order valence-corrected chi connectivity index (χ1v) is 55.9. The molecule has 4 unspecified atom stereocenters. The first-order valence-electron chi connectivity index (χ1n) is 55.9. The maximum absolute atomic E-state index is 5.63. The van der Waals surface area contributed by atoms with Crippen LogP contribution in [-0.2, 0) is 47.7 Å². The fourth-order valence-corrected chi connectivity index (χ4v) is 13.2. The van der Waals surface area contributed by atoms with Gasteiger partial charge in [-0.2, -0.15) is 0 Å². The van der Waals surface area contributed by atoms with Crippen molar-refractivity contribution in [1.29, 1.82) is 0 Å². The molecule has 0 spiro atoms. The minimum absolute atomic E-state index is 0.408. The fraction of sp³-hybridized carbons (Fsp3) is 0.810. The molecule has 131 heavy (non-hydrogen) atoms. The van der Waals surface area contributed by atoms with Crippen molar-refractivity contribution in [3.8, 4) is 0 Å². The molecule has 0 bridgehead atoms. The highest BCUT2D eigenvalue weighted by Crippen LogP contribution is 2.25. The number of piperidine rings is 1. The fourth-order valence-electron chi connectivity index (χ4n) is 13.2. The van der Waals surface area contributed by atoms with Crippen LogP contribution >= 0.6 is 0 Å². The number of hydrogen-bond donors (Lipinski definition) is 0. The standard InChI is InChI=1S/C11H21N.3C10H15N.C10H20O.C10H18O.C10H20O.C10H18O.C10H20O.C10H18O.10C2H6/c1-10(2)4-5-11-6-8-12(3)9-7-11;1-9(2)3-4-10-5-7-11-8-6-10;1-9(2)5-6-10-4-3-7-11-8-10;1-9(2)6-7-10-5-3-4-8-11-10;2*1-9(2)3-4-10-5-7-11-8-6-10;2*1-9(2)5-6-10-4-3-7-11-8-10;2*1-9(2)6-7-10-5-3-4-8-11-10;10*1-2/h4-5,10-11H,6-9H2,1-3H3;5-9H,3-4H2,1-2H3;3-4,7-9H,5-6H2,1-2H3;3-5,8-9H,6-7H2,1-2H3;9-10H,3-8H2,1-2H3;3-4,9-10H,5-8H2,1-2H3;9-10H,3-8H2,1-2H3;5-6,9-10H,3-4,7-8H2,1-2H3;9-10H,3-8H2,1-2H3;6-7,9-10H,3-5,8H2,1-2H3;10*1-2H3/b5-4+;;;;;4-3+;;6-5+;;7-6+;;;;;;;;;;. The Labute approximate surface area is 826 Å². The van der Waals surface area contributed by atoms with E-state index in [0.717, 1.165) is 138 Å². The Morgan fingerprint density at radius 2 is 0.725 bits per heavy atom. The Kier molecular flexibility index (Phi) is 135. The highest BCUT2D eigenvalue weighted by molar-refractivity contribution is 5.10. The van der Waals surface area contributed by atoms with Crippen molar-refractivity contribution >= 4 is 0 Å². The lowest BCUT2D eigenvalue weighted by molar-refractivity contribution is 0.00830. The van der Waals surface area contributed by atoms with Gasteiger partial charge in [0.05, 0.1) is 18.8 Å². The zero-order valence-corrected chi connectivity index (χ0v) is 96.4. The van der Waals surface area contributed by atoms with Gasteiger partial charge in [0.15, 0.2) is 0 Å². The number of aryl methyl sites for hydroxylation is 3. The van der Waals surface area contributed by atoms with E-state index in [9.17, 15) is 0 Å². The summed E-state index contributed by atoms with van der Waals surface area (Å²) in [6, 6.07) is 14.4. The summed E-state index contributed by atoms with van der Waals surface area (Å²) in [4.78, 5) is 14.7. The van der Waals surface area contributed by atoms with Gasteiger partial charge in [-0.05, 0) is 305 Å². The van der Waals surface area contributed by atoms with Crippen LogP contribution in [0.15, 0.2) is 122 Å². The number of hydrogen-bond acceptors (Lipinski definition) is 10. The maximum atomic E-state index is 5.63. The van der Waals surface area contributed by atoms with Crippen LogP contribution in [0, 0.1) is 88.8 Å². The molecule has 3 aromatic rings. The van der Waals surface area contributed by atoms with Crippen molar-refractivity contribution in [3.05, 3.63) is 139 Å². The highest BCUT2D eigenvalue weighted by Gasteiger charge is 2.18. The molecular weight excluding hydrogens is 1610 g/mol. The van der Waals surface area contributed by atoms with Crippen LogP contribution < -0.4 is 0 Å². The lowest BCUT2D eigenvalue weighted by atomic mass is 9.92. The van der Waals surface area contributed by atoms with E-state index in [1.165, 1.54) is 197 Å². The van der Waals surface area contributed by atoms with E-state index in [-0.39, 0.29) is 0 Å². The smallest absolute Gasteiger partial charge is 0.0755 e. The Morgan fingerprint density at radius 1 is 0.313 bits per heavy atom. The lowest BCUT2D eigenvalue weighted by Gasteiger charge is -2.27. The molecule has 3 aromatic heterocycles. The molecule has 10 nitrogen and oxygen atoms in total. The molecule has 780 valence electrons. The van der Waals surface area contributed by atoms with Gasteiger partial charge in [-0.25, -0.2) is 0 Å². The SMILES string of the molecule is CC.CC.CC.CC.CC.CC.CC.CC.CC.CC.CC(C)/C=C/C1CCCCO1.CC(C)/C=C/C1CCCOC1.CC(C)/C=C/C1CCN(C)CC1.CC(C)/C=C/C1CCOCC1.CC(C)CCC1CCCCO1.CC(C)CCC1CCCOC1.CC(C)CCC1CCOCC1.CC(C)CCc1ccccn1.CC(C)CCc1cccnc1.CC(C)CCc1ccncc1. The number of ether oxygens (including phenoxy) is 6. The Hall–Kier alpha value is -3.87. The Balaban J connectivity index is -0.000000152. The van der Waals surface area contributed by atoms with Crippen molar-refractivity contribution in [2.24, 2.45) is 88.8 Å². The van der Waals surface area contributed by atoms with E-state index in [0.29, 0.717) is 41.8 Å². The summed E-state index contributed by atoms with van der Waals surface area (Å²) in [5, 5.41) is 0. The molecule has 4 atom stereocenters. The van der Waals surface area contributed by atoms with Crippen molar-refractivity contribution in [3.63, 3.8) is 0 Å². The molecule has 0 amide bonds. The first kappa shape index (κ1) is 147. The van der Waals surface area contributed by atoms with Gasteiger partial charge in [-0.1, -0.05) is 357 Å². The van der Waals surface area contributed by atoms with Crippen molar-refractivity contribution < 1.29 is 28.4 Å². The predicted molar refractivity (Wildman–Crippen MR) is 595 cm³/mol. The maximum Gasteiger partial charge on any atom is 0.0755 e. The number of nitrogens with zero attached hydrogens (tertiary/aromatic N) is 4. The summed E-state index contributed by atoms with van der Waals surface area (Å²) in [5.41, 5.74) is 3.95. The summed E-state index contributed by atoms with van der Waals surface area (Å²) in [6.45, 7) is 97.3. The van der Waals surface area contributed by atoms with Crippen LogP contribution in [0.1, 0.15) is 454 Å². The van der Waals surface area contributed by atoms with Gasteiger partial charge in [0.25, 0.3) is 0 Å². The van der Waals surface area contributed by atoms with E-state index in [1.807, 2.05) is 188 Å². The molecule has 7 aliphatic rings. The molecule has 10 heterocycles. The second-order valence-electron chi connectivity index (χ2n) is 36.9. The number of pyridine rings is 3. The van der Waals surface area contributed by atoms with Gasteiger partial charge >= 0.3 is 0 Å². The van der Waals surface area contributed by atoms with E-state index >= 15 is 0 Å². The zero-order valence-electron chi connectivity index (χ0n) is 96.4. The summed E-state index contributed by atoms with van der Waals surface area (Å²) in [5.74, 6) is 11.8. The number of aromatic nitrogens is 3. The van der Waals surface area contributed by atoms with Gasteiger partial charge in [0, 0.05) is 102 Å². The van der Waals surface area contributed by atoms with E-state index in [2.05, 4.69) is 238 Å². The summed E-state index contributed by atoms with van der Waals surface area (Å²) < 4.78 is 32.5. The molecule has 0 radical (unpaired) electrons. The topological polar surface area (TPSA) is 97.3 Å². The molecular formula is C121H240N4O6. The summed E-state index contributed by atoms with van der Waals surface area (Å²) in [6.07, 6.45) is 64.8. The van der Waals surface area contributed by atoms with Crippen LogP contribution in [0.3, 0.4) is 0 Å². The second-order valence-corrected chi connectivity index (χ2v) is 36.9. The molecule has 0 N–H and O–H groups in total. The first-order chi connectivity index (χ1) is 63.3. The third-order valence-electron chi connectivity index (χ3n) is 20.9. The molecule has 0 aromatic carbocycles. The Bertz CT molecular complexity index is 2270. The average molecular weight is 1850 g/mol. The number of rotatable bonds is 26. The number of allylic oxidation sites excluding steroid dienone is 6. The lowest BCUT2D eigenvalue weighted by Crippen LogP contribution is -2.29. The molecule has 0 saturated carbocycles. The predicted octanol–water partition coefficient (Wildman–Crippen LogP) is 37.5.